The summed E-state index contributed by atoms with van der Waals surface area (Å²) in [7, 11) is 0. The quantitative estimate of drug-likeness (QED) is 0.833. The molecular formula is C14H22IN3. The Morgan fingerprint density at radius 3 is 2.78 bits per heavy atom. The first-order valence-electron chi connectivity index (χ1n) is 6.93. The number of rotatable bonds is 3. The highest BCUT2D eigenvalue weighted by Crippen LogP contribution is 2.35. The molecule has 2 atom stereocenters. The zero-order valence-electron chi connectivity index (χ0n) is 11.2. The van der Waals surface area contributed by atoms with Crippen LogP contribution in [0.3, 0.4) is 0 Å². The summed E-state index contributed by atoms with van der Waals surface area (Å²) in [6.07, 6.45) is 7.18. The minimum absolute atomic E-state index is 0.517. The van der Waals surface area contributed by atoms with Crippen molar-refractivity contribution < 1.29 is 0 Å². The van der Waals surface area contributed by atoms with Gasteiger partial charge in [0.15, 0.2) is 0 Å². The van der Waals surface area contributed by atoms with Crippen molar-refractivity contribution in [2.24, 2.45) is 5.92 Å². The van der Waals surface area contributed by atoms with E-state index in [2.05, 4.69) is 41.4 Å². The molecule has 1 aromatic rings. The van der Waals surface area contributed by atoms with Crippen molar-refractivity contribution in [1.29, 1.82) is 0 Å². The number of aryl methyl sites for hydroxylation is 1. The van der Waals surface area contributed by atoms with Crippen molar-refractivity contribution in [3.63, 3.8) is 0 Å². The number of nitrogen functional groups attached to an aromatic ring is 1. The van der Waals surface area contributed by atoms with Gasteiger partial charge in [-0.2, -0.15) is 0 Å². The number of anilines is 1. The first-order valence-corrected chi connectivity index (χ1v) is 8.01. The second kappa shape index (κ2) is 6.17. The molecule has 2 rings (SSSR count). The van der Waals surface area contributed by atoms with E-state index >= 15 is 0 Å². The van der Waals surface area contributed by atoms with Crippen LogP contribution in [0.2, 0.25) is 0 Å². The molecule has 100 valence electrons. The number of hydrogen-bond acceptors (Lipinski definition) is 3. The standard InChI is InChI=1S/C14H22IN3/c1-3-5-11-12(15)13(16)18-14(17-11)10-7-4-6-9(2)8-10/h9-10H,3-8H2,1-2H3,(H2,16,17,18). The zero-order chi connectivity index (χ0) is 13.1. The van der Waals surface area contributed by atoms with E-state index in [1.165, 1.54) is 25.7 Å². The fourth-order valence-electron chi connectivity index (χ4n) is 2.79. The highest BCUT2D eigenvalue weighted by Gasteiger charge is 2.24. The van der Waals surface area contributed by atoms with Gasteiger partial charge in [0.2, 0.25) is 0 Å². The Morgan fingerprint density at radius 2 is 2.11 bits per heavy atom. The van der Waals surface area contributed by atoms with Crippen LogP contribution in [-0.4, -0.2) is 9.97 Å². The first-order chi connectivity index (χ1) is 8.61. The highest BCUT2D eigenvalue weighted by atomic mass is 127. The largest absolute Gasteiger partial charge is 0.383 e. The average molecular weight is 359 g/mol. The molecule has 0 amide bonds. The number of nitrogens with zero attached hydrogens (tertiary/aromatic N) is 2. The number of hydrogen-bond donors (Lipinski definition) is 1. The lowest BCUT2D eigenvalue weighted by atomic mass is 9.82. The van der Waals surface area contributed by atoms with Gasteiger partial charge in [0.05, 0.1) is 9.26 Å². The van der Waals surface area contributed by atoms with E-state index in [1.807, 2.05) is 0 Å². The molecule has 0 aliphatic heterocycles. The molecule has 0 aromatic carbocycles. The van der Waals surface area contributed by atoms with E-state index in [-0.39, 0.29) is 0 Å². The zero-order valence-corrected chi connectivity index (χ0v) is 13.4. The Kier molecular flexibility index (Phi) is 4.81. The Morgan fingerprint density at radius 1 is 1.33 bits per heavy atom. The lowest BCUT2D eigenvalue weighted by Crippen LogP contribution is -2.17. The number of halogens is 1. The molecule has 0 spiro atoms. The summed E-state index contributed by atoms with van der Waals surface area (Å²) < 4.78 is 1.04. The van der Waals surface area contributed by atoms with Gasteiger partial charge in [-0.1, -0.05) is 33.1 Å². The van der Waals surface area contributed by atoms with Crippen LogP contribution >= 0.6 is 22.6 Å². The van der Waals surface area contributed by atoms with Gasteiger partial charge in [0, 0.05) is 5.92 Å². The summed E-state index contributed by atoms with van der Waals surface area (Å²) in [5.74, 6) is 2.97. The predicted octanol–water partition coefficient (Wildman–Crippen LogP) is 3.91. The van der Waals surface area contributed by atoms with Gasteiger partial charge in [-0.25, -0.2) is 9.97 Å². The third-order valence-corrected chi connectivity index (χ3v) is 4.93. The van der Waals surface area contributed by atoms with E-state index < -0.39 is 0 Å². The van der Waals surface area contributed by atoms with E-state index in [1.54, 1.807) is 0 Å². The fourth-order valence-corrected chi connectivity index (χ4v) is 3.30. The Labute approximate surface area is 123 Å². The van der Waals surface area contributed by atoms with E-state index in [0.717, 1.165) is 33.8 Å². The summed E-state index contributed by atoms with van der Waals surface area (Å²) in [6, 6.07) is 0. The topological polar surface area (TPSA) is 51.8 Å². The molecule has 0 radical (unpaired) electrons. The van der Waals surface area contributed by atoms with E-state index in [9.17, 15) is 0 Å². The molecule has 18 heavy (non-hydrogen) atoms. The molecule has 3 nitrogen and oxygen atoms in total. The smallest absolute Gasteiger partial charge is 0.140 e. The van der Waals surface area contributed by atoms with Gasteiger partial charge in [-0.05, 0) is 47.8 Å². The molecule has 1 heterocycles. The van der Waals surface area contributed by atoms with Gasteiger partial charge in [0.25, 0.3) is 0 Å². The van der Waals surface area contributed by atoms with Crippen LogP contribution in [0.4, 0.5) is 5.82 Å². The minimum atomic E-state index is 0.517. The van der Waals surface area contributed by atoms with Crippen molar-refractivity contribution in [2.75, 3.05) is 5.73 Å². The van der Waals surface area contributed by atoms with Gasteiger partial charge < -0.3 is 5.73 Å². The molecule has 2 N–H and O–H groups in total. The Balaban J connectivity index is 2.27. The van der Waals surface area contributed by atoms with Crippen LogP contribution < -0.4 is 5.73 Å². The monoisotopic (exact) mass is 359 g/mol. The molecular weight excluding hydrogens is 337 g/mol. The van der Waals surface area contributed by atoms with Crippen molar-refractivity contribution in [1.82, 2.24) is 9.97 Å². The van der Waals surface area contributed by atoms with Crippen molar-refractivity contribution in [3.8, 4) is 0 Å². The third-order valence-electron chi connectivity index (χ3n) is 3.75. The molecule has 1 aliphatic rings. The molecule has 1 aromatic heterocycles. The molecule has 0 bridgehead atoms. The van der Waals surface area contributed by atoms with Crippen LogP contribution in [0.5, 0.6) is 0 Å². The fraction of sp³-hybridized carbons (Fsp3) is 0.714. The molecule has 4 heteroatoms. The Hall–Kier alpha value is -0.390. The second-order valence-electron chi connectivity index (χ2n) is 5.45. The lowest BCUT2D eigenvalue weighted by Gasteiger charge is -2.26. The van der Waals surface area contributed by atoms with Gasteiger partial charge in [-0.15, -0.1) is 0 Å². The molecule has 1 aliphatic carbocycles. The lowest BCUT2D eigenvalue weighted by molar-refractivity contribution is 0.335. The van der Waals surface area contributed by atoms with Crippen LogP contribution in [0.15, 0.2) is 0 Å². The maximum Gasteiger partial charge on any atom is 0.140 e. The normalized spacial score (nSPS) is 24.2. The van der Waals surface area contributed by atoms with Crippen molar-refractivity contribution in [2.45, 2.75) is 58.3 Å². The summed E-state index contributed by atoms with van der Waals surface area (Å²) in [5.41, 5.74) is 7.17. The maximum atomic E-state index is 6.03. The summed E-state index contributed by atoms with van der Waals surface area (Å²) in [6.45, 7) is 4.51. The summed E-state index contributed by atoms with van der Waals surface area (Å²) in [4.78, 5) is 9.32. The van der Waals surface area contributed by atoms with E-state index in [4.69, 9.17) is 10.7 Å². The highest BCUT2D eigenvalue weighted by molar-refractivity contribution is 14.1. The van der Waals surface area contributed by atoms with Crippen LogP contribution in [0, 0.1) is 9.49 Å². The van der Waals surface area contributed by atoms with Crippen LogP contribution in [0.1, 0.15) is 63.4 Å². The number of aromatic nitrogens is 2. The first kappa shape index (κ1) is 14.0. The SMILES string of the molecule is CCCc1nc(C2CCCC(C)C2)nc(N)c1I. The molecule has 2 unspecified atom stereocenters. The predicted molar refractivity (Wildman–Crippen MR) is 83.5 cm³/mol. The van der Waals surface area contributed by atoms with Crippen LogP contribution in [0.25, 0.3) is 0 Å². The van der Waals surface area contributed by atoms with E-state index in [0.29, 0.717) is 11.7 Å². The van der Waals surface area contributed by atoms with Crippen LogP contribution in [-0.2, 0) is 6.42 Å². The van der Waals surface area contributed by atoms with Crippen molar-refractivity contribution in [3.05, 3.63) is 15.1 Å². The van der Waals surface area contributed by atoms with Crippen molar-refractivity contribution >= 4 is 28.4 Å². The molecule has 1 saturated carbocycles. The third kappa shape index (κ3) is 3.13. The van der Waals surface area contributed by atoms with Gasteiger partial charge >= 0.3 is 0 Å². The maximum absolute atomic E-state index is 6.03. The average Bonchev–Trinajstić information content (AvgIpc) is 2.35. The summed E-state index contributed by atoms with van der Waals surface area (Å²) >= 11 is 2.27. The summed E-state index contributed by atoms with van der Waals surface area (Å²) in [5, 5.41) is 0. The molecule has 0 saturated heterocycles. The van der Waals surface area contributed by atoms with Gasteiger partial charge in [-0.3, -0.25) is 0 Å². The molecule has 1 fully saturated rings. The second-order valence-corrected chi connectivity index (χ2v) is 6.53. The number of nitrogens with two attached hydrogens (primary N) is 1. The minimum Gasteiger partial charge on any atom is -0.383 e. The van der Waals surface area contributed by atoms with Gasteiger partial charge in [0.1, 0.15) is 11.6 Å². The Bertz CT molecular complexity index is 420.